The standard InChI is InChI=1S/C35H48N2O3/c1-4-20-36-22-19-34-31-27-15-16-29(38)32(31)40-33(34)28(17-18-35(34,39)30(36)23-27)37(24-25(2)3)21-11-6-5-8-12-26-13-9-7-10-14-26/h4,7,9-10,13-16,25,28,30,33,38-39H,1,5-6,8,11-12,17-24H2,2-3H3/t28?,30-,33?,34+,35-/m1/s1. The first-order chi connectivity index (χ1) is 19.4. The molecule has 2 unspecified atom stereocenters. The van der Waals surface area contributed by atoms with Crippen LogP contribution in [0.3, 0.4) is 0 Å². The third-order valence-corrected chi connectivity index (χ3v) is 10.5. The molecule has 1 spiro atoms. The number of aliphatic hydroxyl groups is 1. The van der Waals surface area contributed by atoms with E-state index in [0.717, 1.165) is 63.8 Å². The first-order valence-electron chi connectivity index (χ1n) is 15.8. The molecule has 1 saturated carbocycles. The van der Waals surface area contributed by atoms with Gasteiger partial charge in [-0.15, -0.1) is 6.58 Å². The molecule has 5 nitrogen and oxygen atoms in total. The summed E-state index contributed by atoms with van der Waals surface area (Å²) in [6.07, 6.45) is 11.2. The lowest BCUT2D eigenvalue weighted by molar-refractivity contribution is -0.199. The summed E-state index contributed by atoms with van der Waals surface area (Å²) in [5.41, 5.74) is 2.47. The van der Waals surface area contributed by atoms with E-state index in [1.807, 2.05) is 6.08 Å². The van der Waals surface area contributed by atoms with Gasteiger partial charge in [0.15, 0.2) is 11.5 Å². The Labute approximate surface area is 240 Å². The number of hydrogen-bond acceptors (Lipinski definition) is 5. The van der Waals surface area contributed by atoms with Gasteiger partial charge in [0, 0.05) is 30.7 Å². The van der Waals surface area contributed by atoms with Crippen molar-refractivity contribution in [3.63, 3.8) is 0 Å². The SMILES string of the molecule is C=CCN1CC[C@]23c4c5ccc(O)c4OC2C(N(CCCCCCc2ccccc2)CC(C)C)CC[C@@]3(O)[C@H]1C5. The van der Waals surface area contributed by atoms with Crippen LogP contribution in [0.1, 0.15) is 75.5 Å². The van der Waals surface area contributed by atoms with Crippen LogP contribution in [0, 0.1) is 5.92 Å². The first-order valence-corrected chi connectivity index (χ1v) is 15.8. The maximum atomic E-state index is 12.7. The van der Waals surface area contributed by atoms with Crippen LogP contribution < -0.4 is 4.74 Å². The average molecular weight is 545 g/mol. The lowest BCUT2D eigenvalue weighted by Gasteiger charge is -2.65. The van der Waals surface area contributed by atoms with Gasteiger partial charge in [0.25, 0.3) is 0 Å². The molecular formula is C35H48N2O3. The van der Waals surface area contributed by atoms with Gasteiger partial charge in [0.2, 0.25) is 0 Å². The predicted octanol–water partition coefficient (Wildman–Crippen LogP) is 5.86. The highest BCUT2D eigenvalue weighted by Gasteiger charge is 2.73. The second-order valence-electron chi connectivity index (χ2n) is 13.3. The van der Waals surface area contributed by atoms with Crippen LogP contribution in [0.4, 0.5) is 0 Å². The van der Waals surface area contributed by atoms with Crippen molar-refractivity contribution < 1.29 is 14.9 Å². The number of unbranched alkanes of at least 4 members (excludes halogenated alkanes) is 3. The number of ether oxygens (including phenoxy) is 1. The van der Waals surface area contributed by atoms with Crippen molar-refractivity contribution >= 4 is 0 Å². The zero-order chi connectivity index (χ0) is 27.9. The zero-order valence-corrected chi connectivity index (χ0v) is 24.5. The number of phenols is 1. The van der Waals surface area contributed by atoms with Crippen molar-refractivity contribution in [1.29, 1.82) is 0 Å². The molecule has 40 heavy (non-hydrogen) atoms. The number of piperidine rings is 1. The minimum atomic E-state index is -0.859. The van der Waals surface area contributed by atoms with Crippen LogP contribution >= 0.6 is 0 Å². The van der Waals surface area contributed by atoms with Gasteiger partial charge in [-0.3, -0.25) is 9.80 Å². The number of nitrogens with zero attached hydrogens (tertiary/aromatic N) is 2. The lowest BCUT2D eigenvalue weighted by atomic mass is 9.48. The quantitative estimate of drug-likeness (QED) is 0.259. The smallest absolute Gasteiger partial charge is 0.165 e. The molecule has 2 aromatic rings. The number of phenolic OH excluding ortho intramolecular Hbond substituents is 1. The van der Waals surface area contributed by atoms with Crippen LogP contribution in [-0.2, 0) is 18.3 Å². The van der Waals surface area contributed by atoms with Crippen LogP contribution in [-0.4, -0.2) is 70.0 Å². The van der Waals surface area contributed by atoms with Gasteiger partial charge in [-0.05, 0) is 81.1 Å². The van der Waals surface area contributed by atoms with Crippen molar-refractivity contribution in [1.82, 2.24) is 9.80 Å². The van der Waals surface area contributed by atoms with Crippen molar-refractivity contribution in [3.8, 4) is 11.5 Å². The maximum Gasteiger partial charge on any atom is 0.165 e. The summed E-state index contributed by atoms with van der Waals surface area (Å²) in [6, 6.07) is 15.0. The summed E-state index contributed by atoms with van der Waals surface area (Å²) in [5.74, 6) is 1.43. The second kappa shape index (κ2) is 11.2. The molecule has 2 aliphatic carbocycles. The van der Waals surface area contributed by atoms with Crippen LogP contribution in [0.25, 0.3) is 0 Å². The predicted molar refractivity (Wildman–Crippen MR) is 161 cm³/mol. The Morgan fingerprint density at radius 2 is 1.90 bits per heavy atom. The maximum absolute atomic E-state index is 12.7. The molecule has 4 aliphatic rings. The molecule has 216 valence electrons. The van der Waals surface area contributed by atoms with Gasteiger partial charge >= 0.3 is 0 Å². The normalized spacial score (nSPS) is 30.4. The molecule has 2 fully saturated rings. The minimum Gasteiger partial charge on any atom is -0.504 e. The van der Waals surface area contributed by atoms with Crippen molar-refractivity contribution in [2.45, 2.75) is 101 Å². The van der Waals surface area contributed by atoms with Crippen LogP contribution in [0.5, 0.6) is 11.5 Å². The zero-order valence-electron chi connectivity index (χ0n) is 24.5. The van der Waals surface area contributed by atoms with Crippen molar-refractivity contribution in [2.75, 3.05) is 26.2 Å². The van der Waals surface area contributed by atoms with E-state index in [4.69, 9.17) is 4.74 Å². The summed E-state index contributed by atoms with van der Waals surface area (Å²) in [4.78, 5) is 5.12. The van der Waals surface area contributed by atoms with Crippen molar-refractivity contribution in [2.24, 2.45) is 5.92 Å². The number of hydrogen-bond donors (Lipinski definition) is 2. The molecule has 0 amide bonds. The highest BCUT2D eigenvalue weighted by Crippen LogP contribution is 2.65. The highest BCUT2D eigenvalue weighted by atomic mass is 16.5. The second-order valence-corrected chi connectivity index (χ2v) is 13.3. The summed E-state index contributed by atoms with van der Waals surface area (Å²) in [5, 5.41) is 23.7. The largest absolute Gasteiger partial charge is 0.504 e. The van der Waals surface area contributed by atoms with E-state index in [2.05, 4.69) is 66.6 Å². The van der Waals surface area contributed by atoms with E-state index in [1.54, 1.807) is 6.07 Å². The number of benzene rings is 2. The van der Waals surface area contributed by atoms with Crippen molar-refractivity contribution in [3.05, 3.63) is 71.8 Å². The van der Waals surface area contributed by atoms with Gasteiger partial charge in [-0.1, -0.05) is 69.2 Å². The van der Waals surface area contributed by atoms with E-state index in [-0.39, 0.29) is 23.9 Å². The molecule has 2 N–H and O–H groups in total. The van der Waals surface area contributed by atoms with Gasteiger partial charge < -0.3 is 14.9 Å². The monoisotopic (exact) mass is 544 g/mol. The minimum absolute atomic E-state index is 0.0532. The van der Waals surface area contributed by atoms with Gasteiger partial charge in [-0.2, -0.15) is 0 Å². The fraction of sp³-hybridized carbons (Fsp3) is 0.600. The molecule has 2 bridgehead atoms. The fourth-order valence-corrected chi connectivity index (χ4v) is 8.87. The molecule has 6 rings (SSSR count). The summed E-state index contributed by atoms with van der Waals surface area (Å²) in [7, 11) is 0. The average Bonchev–Trinajstić information content (AvgIpc) is 3.29. The first kappa shape index (κ1) is 27.8. The molecule has 0 aromatic heterocycles. The molecule has 2 aromatic carbocycles. The van der Waals surface area contributed by atoms with E-state index < -0.39 is 11.0 Å². The van der Waals surface area contributed by atoms with Gasteiger partial charge in [-0.25, -0.2) is 0 Å². The van der Waals surface area contributed by atoms with Gasteiger partial charge in [0.1, 0.15) is 6.10 Å². The number of likely N-dealkylation sites (tertiary alicyclic amines) is 1. The summed E-state index contributed by atoms with van der Waals surface area (Å²) in [6.45, 7) is 12.4. The molecule has 5 heteroatoms. The Kier molecular flexibility index (Phi) is 7.75. The number of aromatic hydroxyl groups is 1. The summed E-state index contributed by atoms with van der Waals surface area (Å²) < 4.78 is 6.85. The van der Waals surface area contributed by atoms with Crippen LogP contribution in [0.2, 0.25) is 0 Å². The Bertz CT molecular complexity index is 1200. The summed E-state index contributed by atoms with van der Waals surface area (Å²) >= 11 is 0. The highest BCUT2D eigenvalue weighted by molar-refractivity contribution is 5.62. The Balaban J connectivity index is 1.23. The lowest BCUT2D eigenvalue weighted by Crippen LogP contribution is -2.78. The Hall–Kier alpha value is -2.34. The third kappa shape index (κ3) is 4.49. The number of rotatable bonds is 12. The van der Waals surface area contributed by atoms with E-state index >= 15 is 0 Å². The third-order valence-electron chi connectivity index (χ3n) is 10.5. The molecule has 5 atom stereocenters. The molecule has 2 aliphatic heterocycles. The number of aryl methyl sites for hydroxylation is 1. The topological polar surface area (TPSA) is 56.2 Å². The van der Waals surface area contributed by atoms with E-state index in [1.165, 1.54) is 36.8 Å². The van der Waals surface area contributed by atoms with E-state index in [9.17, 15) is 10.2 Å². The molecular weight excluding hydrogens is 496 g/mol. The Morgan fingerprint density at radius 1 is 1.10 bits per heavy atom. The van der Waals surface area contributed by atoms with Gasteiger partial charge in [0.05, 0.1) is 11.0 Å². The molecule has 0 radical (unpaired) electrons. The van der Waals surface area contributed by atoms with Crippen LogP contribution in [0.15, 0.2) is 55.1 Å². The van der Waals surface area contributed by atoms with E-state index in [0.29, 0.717) is 11.7 Å². The Morgan fingerprint density at radius 3 is 2.67 bits per heavy atom. The fourth-order valence-electron chi connectivity index (χ4n) is 8.87. The molecule has 1 saturated heterocycles. The molecule has 2 heterocycles.